The van der Waals surface area contributed by atoms with Gasteiger partial charge in [-0.15, -0.1) is 11.8 Å². The van der Waals surface area contributed by atoms with Gasteiger partial charge in [0.1, 0.15) is 5.75 Å². The molecule has 0 aromatic heterocycles. The molecule has 0 aliphatic rings. The summed E-state index contributed by atoms with van der Waals surface area (Å²) in [6, 6.07) is 12.2. The predicted molar refractivity (Wildman–Crippen MR) is 104 cm³/mol. The average molecular weight is 377 g/mol. The smallest absolute Gasteiger partial charge is 0.228 e. The van der Waals surface area contributed by atoms with Crippen molar-refractivity contribution in [1.29, 1.82) is 0 Å². The summed E-state index contributed by atoms with van der Waals surface area (Å²) in [5, 5.41) is 0. The van der Waals surface area contributed by atoms with E-state index >= 15 is 0 Å². The molecule has 2 rings (SSSR count). The van der Waals surface area contributed by atoms with Gasteiger partial charge in [0.2, 0.25) is 5.91 Å². The first kappa shape index (κ1) is 20.1. The Labute approximate surface area is 158 Å². The number of nitrogens with zero attached hydrogens (tertiary/aromatic N) is 1. The Morgan fingerprint density at radius 1 is 1.12 bits per heavy atom. The Bertz CT molecular complexity index is 734. The molecule has 0 N–H and O–H groups in total. The molecule has 0 atom stereocenters. The molecule has 0 heterocycles. The van der Waals surface area contributed by atoms with E-state index in [9.17, 15) is 9.18 Å². The van der Waals surface area contributed by atoms with Gasteiger partial charge < -0.3 is 14.4 Å². The third-order valence-corrected chi connectivity index (χ3v) is 4.86. The molecular weight excluding hydrogens is 353 g/mol. The van der Waals surface area contributed by atoms with Crippen molar-refractivity contribution in [3.8, 4) is 11.5 Å². The number of hydrogen-bond donors (Lipinski definition) is 0. The summed E-state index contributed by atoms with van der Waals surface area (Å²) in [5.41, 5.74) is 0.540. The van der Waals surface area contributed by atoms with Gasteiger partial charge in [0.15, 0.2) is 11.6 Å². The Hall–Kier alpha value is -2.21. The lowest BCUT2D eigenvalue weighted by Gasteiger charge is -2.27. The summed E-state index contributed by atoms with van der Waals surface area (Å²) in [7, 11) is 3.04. The van der Waals surface area contributed by atoms with Crippen molar-refractivity contribution in [2.24, 2.45) is 0 Å². The second-order valence-electron chi connectivity index (χ2n) is 5.95. The van der Waals surface area contributed by atoms with Crippen LogP contribution in [-0.2, 0) is 4.79 Å². The van der Waals surface area contributed by atoms with Crippen LogP contribution in [0.25, 0.3) is 0 Å². The number of hydrogen-bond acceptors (Lipinski definition) is 4. The molecule has 0 fully saturated rings. The minimum atomic E-state index is -0.476. The summed E-state index contributed by atoms with van der Waals surface area (Å²) in [5.74, 6) is 1.10. The van der Waals surface area contributed by atoms with Crippen LogP contribution in [0.5, 0.6) is 11.5 Å². The predicted octanol–water partition coefficient (Wildman–Crippen LogP) is 4.77. The van der Waals surface area contributed by atoms with Crippen molar-refractivity contribution in [2.75, 3.05) is 24.9 Å². The van der Waals surface area contributed by atoms with Crippen molar-refractivity contribution in [2.45, 2.75) is 31.2 Å². The van der Waals surface area contributed by atoms with E-state index in [0.717, 1.165) is 10.6 Å². The van der Waals surface area contributed by atoms with Gasteiger partial charge in [0.25, 0.3) is 0 Å². The Balaban J connectivity index is 2.00. The Morgan fingerprint density at radius 2 is 1.81 bits per heavy atom. The van der Waals surface area contributed by atoms with E-state index in [1.165, 1.54) is 13.2 Å². The second kappa shape index (κ2) is 9.48. The topological polar surface area (TPSA) is 38.8 Å². The molecule has 6 heteroatoms. The molecule has 26 heavy (non-hydrogen) atoms. The lowest BCUT2D eigenvalue weighted by Crippen LogP contribution is -2.37. The fourth-order valence-electron chi connectivity index (χ4n) is 2.58. The first-order valence-corrected chi connectivity index (χ1v) is 9.37. The molecule has 1 amide bonds. The van der Waals surface area contributed by atoms with Crippen LogP contribution in [0.15, 0.2) is 47.4 Å². The van der Waals surface area contributed by atoms with E-state index in [2.05, 4.69) is 0 Å². The molecule has 2 aromatic carbocycles. The maximum absolute atomic E-state index is 14.0. The summed E-state index contributed by atoms with van der Waals surface area (Å²) in [4.78, 5) is 15.4. The first-order valence-electron chi connectivity index (χ1n) is 8.38. The molecule has 0 bridgehead atoms. The molecule has 140 valence electrons. The molecule has 0 unspecified atom stereocenters. The molecule has 4 nitrogen and oxygen atoms in total. The second-order valence-corrected chi connectivity index (χ2v) is 7.12. The zero-order chi connectivity index (χ0) is 19.1. The summed E-state index contributed by atoms with van der Waals surface area (Å²) in [6.45, 7) is 3.83. The number of halogens is 1. The van der Waals surface area contributed by atoms with Crippen LogP contribution in [0.1, 0.15) is 20.3 Å². The third kappa shape index (κ3) is 5.14. The first-order chi connectivity index (χ1) is 12.5. The molecule has 0 saturated heterocycles. The fraction of sp³-hybridized carbons (Fsp3) is 0.350. The number of rotatable bonds is 8. The van der Waals surface area contributed by atoms with Crippen LogP contribution in [0.2, 0.25) is 0 Å². The number of ether oxygens (including phenoxy) is 2. The normalized spacial score (nSPS) is 10.7. The van der Waals surface area contributed by atoms with E-state index in [1.807, 2.05) is 38.1 Å². The molecule has 2 aromatic rings. The highest BCUT2D eigenvalue weighted by molar-refractivity contribution is 7.99. The largest absolute Gasteiger partial charge is 0.497 e. The molecule has 0 radical (unpaired) electrons. The van der Waals surface area contributed by atoms with Gasteiger partial charge in [-0.3, -0.25) is 4.79 Å². The zero-order valence-electron chi connectivity index (χ0n) is 15.5. The van der Waals surface area contributed by atoms with Gasteiger partial charge in [0.05, 0.1) is 14.2 Å². The van der Waals surface area contributed by atoms with Crippen molar-refractivity contribution in [3.63, 3.8) is 0 Å². The average Bonchev–Trinajstić information content (AvgIpc) is 2.62. The van der Waals surface area contributed by atoms with Gasteiger partial charge in [-0.1, -0.05) is 0 Å². The Kier molecular flexibility index (Phi) is 7.33. The van der Waals surface area contributed by atoms with Crippen molar-refractivity contribution in [3.05, 3.63) is 48.3 Å². The quantitative estimate of drug-likeness (QED) is 0.622. The van der Waals surface area contributed by atoms with Gasteiger partial charge >= 0.3 is 0 Å². The van der Waals surface area contributed by atoms with Crippen LogP contribution in [0.4, 0.5) is 10.1 Å². The maximum atomic E-state index is 14.0. The number of methoxy groups -OCH3 is 2. The van der Waals surface area contributed by atoms with E-state index in [1.54, 1.807) is 35.9 Å². The van der Waals surface area contributed by atoms with Gasteiger partial charge in [0, 0.05) is 34.9 Å². The fourth-order valence-corrected chi connectivity index (χ4v) is 3.42. The molecule has 0 aliphatic heterocycles. The SMILES string of the molecule is COc1ccc(SCCC(=O)N(c2ccc(OC)c(F)c2)C(C)C)cc1. The lowest BCUT2D eigenvalue weighted by molar-refractivity contribution is -0.118. The number of anilines is 1. The van der Waals surface area contributed by atoms with Crippen LogP contribution < -0.4 is 14.4 Å². The summed E-state index contributed by atoms with van der Waals surface area (Å²) in [6.07, 6.45) is 0.364. The van der Waals surface area contributed by atoms with Crippen LogP contribution >= 0.6 is 11.8 Å². The monoisotopic (exact) mass is 377 g/mol. The van der Waals surface area contributed by atoms with Gasteiger partial charge in [-0.25, -0.2) is 4.39 Å². The minimum absolute atomic E-state index is 0.0365. The van der Waals surface area contributed by atoms with Crippen LogP contribution in [0, 0.1) is 5.82 Å². The van der Waals surface area contributed by atoms with Crippen LogP contribution in [-0.4, -0.2) is 31.9 Å². The summed E-state index contributed by atoms with van der Waals surface area (Å²) < 4.78 is 24.1. The molecular formula is C20H24FNO3S. The van der Waals surface area contributed by atoms with E-state index < -0.39 is 5.82 Å². The Morgan fingerprint density at radius 3 is 2.35 bits per heavy atom. The lowest BCUT2D eigenvalue weighted by atomic mass is 10.2. The van der Waals surface area contributed by atoms with E-state index in [4.69, 9.17) is 9.47 Å². The highest BCUT2D eigenvalue weighted by Gasteiger charge is 2.20. The highest BCUT2D eigenvalue weighted by Crippen LogP contribution is 2.27. The minimum Gasteiger partial charge on any atom is -0.497 e. The van der Waals surface area contributed by atoms with Crippen LogP contribution in [0.3, 0.4) is 0 Å². The molecule has 0 spiro atoms. The number of carbonyl (C=O) groups is 1. The van der Waals surface area contributed by atoms with Crippen molar-refractivity contribution < 1.29 is 18.7 Å². The van der Waals surface area contributed by atoms with Gasteiger partial charge in [-0.2, -0.15) is 0 Å². The number of carbonyl (C=O) groups excluding carboxylic acids is 1. The summed E-state index contributed by atoms with van der Waals surface area (Å²) >= 11 is 1.60. The molecule has 0 aliphatic carbocycles. The van der Waals surface area contributed by atoms with E-state index in [-0.39, 0.29) is 17.7 Å². The number of benzene rings is 2. The zero-order valence-corrected chi connectivity index (χ0v) is 16.3. The maximum Gasteiger partial charge on any atom is 0.228 e. The van der Waals surface area contributed by atoms with Crippen molar-refractivity contribution >= 4 is 23.4 Å². The number of amides is 1. The van der Waals surface area contributed by atoms with Gasteiger partial charge in [-0.05, 0) is 50.2 Å². The standard InChI is InChI=1S/C20H24FNO3S/c1-14(2)22(15-5-10-19(25-4)18(21)13-15)20(23)11-12-26-17-8-6-16(24-3)7-9-17/h5-10,13-14H,11-12H2,1-4H3. The number of thioether (sulfide) groups is 1. The van der Waals surface area contributed by atoms with E-state index in [0.29, 0.717) is 17.9 Å². The third-order valence-electron chi connectivity index (χ3n) is 3.84. The highest BCUT2D eigenvalue weighted by atomic mass is 32.2. The van der Waals surface area contributed by atoms with Crippen molar-refractivity contribution in [1.82, 2.24) is 0 Å². The molecule has 0 saturated carbocycles.